The van der Waals surface area contributed by atoms with Gasteiger partial charge in [-0.2, -0.15) is 0 Å². The molecule has 126 valence electrons. The Bertz CT molecular complexity index is 572. The van der Waals surface area contributed by atoms with Crippen LogP contribution < -0.4 is 15.5 Å². The average Bonchev–Trinajstić information content (AvgIpc) is 2.43. The van der Waals surface area contributed by atoms with Gasteiger partial charge in [0, 0.05) is 38.3 Å². The zero-order valence-electron chi connectivity index (χ0n) is 14.0. The van der Waals surface area contributed by atoms with Crippen molar-refractivity contribution in [2.75, 3.05) is 43.9 Å². The van der Waals surface area contributed by atoms with Crippen LogP contribution in [0.25, 0.3) is 0 Å². The van der Waals surface area contributed by atoms with Crippen LogP contribution in [0.3, 0.4) is 0 Å². The summed E-state index contributed by atoms with van der Waals surface area (Å²) in [5.74, 6) is -0.669. The second-order valence-electron chi connectivity index (χ2n) is 5.49. The zero-order chi connectivity index (χ0) is 17.4. The summed E-state index contributed by atoms with van der Waals surface area (Å²) in [6.45, 7) is 3.99. The first-order chi connectivity index (χ1) is 10.8. The lowest BCUT2D eigenvalue weighted by molar-refractivity contribution is -0.123. The van der Waals surface area contributed by atoms with Crippen molar-refractivity contribution in [3.8, 4) is 0 Å². The van der Waals surface area contributed by atoms with Crippen molar-refractivity contribution in [1.82, 2.24) is 10.2 Å². The second-order valence-corrected chi connectivity index (χ2v) is 5.49. The number of rotatable bonds is 7. The summed E-state index contributed by atoms with van der Waals surface area (Å²) >= 11 is 0. The van der Waals surface area contributed by atoms with Gasteiger partial charge >= 0.3 is 0 Å². The zero-order valence-corrected chi connectivity index (χ0v) is 14.0. The molecule has 0 unspecified atom stereocenters. The molecule has 0 aliphatic rings. The third-order valence-corrected chi connectivity index (χ3v) is 3.04. The molecule has 0 aliphatic carbocycles. The Kier molecular flexibility index (Phi) is 7.21. The molecule has 1 aromatic rings. The molecule has 3 amide bonds. The lowest BCUT2D eigenvalue weighted by atomic mass is 10.2. The van der Waals surface area contributed by atoms with Gasteiger partial charge in [0.25, 0.3) is 0 Å². The fourth-order valence-electron chi connectivity index (χ4n) is 1.96. The van der Waals surface area contributed by atoms with E-state index in [2.05, 4.69) is 10.6 Å². The molecular weight excluding hydrogens is 296 g/mol. The summed E-state index contributed by atoms with van der Waals surface area (Å²) in [5.41, 5.74) is 1.14. The lowest BCUT2D eigenvalue weighted by Gasteiger charge is -2.21. The Morgan fingerprint density at radius 1 is 1.13 bits per heavy atom. The third-order valence-electron chi connectivity index (χ3n) is 3.04. The fraction of sp³-hybridized carbons (Fsp3) is 0.438. The first kappa shape index (κ1) is 18.6. The number of hydrogen-bond donors (Lipinski definition) is 2. The molecule has 0 saturated carbocycles. The van der Waals surface area contributed by atoms with Gasteiger partial charge in [-0.15, -0.1) is 0 Å². The van der Waals surface area contributed by atoms with E-state index in [0.29, 0.717) is 17.9 Å². The molecule has 0 bridgehead atoms. The summed E-state index contributed by atoms with van der Waals surface area (Å²) in [6, 6.07) is 6.83. The maximum absolute atomic E-state index is 12.0. The number of nitrogens with one attached hydrogen (secondary N) is 2. The minimum atomic E-state index is -0.243. The highest BCUT2D eigenvalue weighted by molar-refractivity contribution is 5.98. The number of amides is 3. The first-order valence-corrected chi connectivity index (χ1v) is 7.36. The number of anilines is 2. The highest BCUT2D eigenvalue weighted by atomic mass is 16.2. The van der Waals surface area contributed by atoms with Gasteiger partial charge in [-0.25, -0.2) is 0 Å². The molecule has 0 spiro atoms. The highest BCUT2D eigenvalue weighted by Gasteiger charge is 2.16. The van der Waals surface area contributed by atoms with Gasteiger partial charge in [-0.1, -0.05) is 6.07 Å². The van der Waals surface area contributed by atoms with Crippen molar-refractivity contribution in [2.45, 2.75) is 13.8 Å². The van der Waals surface area contributed by atoms with E-state index < -0.39 is 0 Å². The number of likely N-dealkylation sites (N-methyl/N-ethyl adjacent to an activating group) is 1. The lowest BCUT2D eigenvalue weighted by Crippen LogP contribution is -2.41. The smallest absolute Gasteiger partial charge is 0.240 e. The van der Waals surface area contributed by atoms with Crippen LogP contribution in [-0.2, 0) is 14.4 Å². The monoisotopic (exact) mass is 320 g/mol. The van der Waals surface area contributed by atoms with E-state index in [1.54, 1.807) is 24.3 Å². The van der Waals surface area contributed by atoms with Crippen LogP contribution in [0.5, 0.6) is 0 Å². The Morgan fingerprint density at radius 2 is 1.83 bits per heavy atom. The molecule has 0 aromatic heterocycles. The summed E-state index contributed by atoms with van der Waals surface area (Å²) in [6.07, 6.45) is 0. The second kappa shape index (κ2) is 8.89. The third kappa shape index (κ3) is 6.92. The first-order valence-electron chi connectivity index (χ1n) is 7.36. The molecule has 23 heavy (non-hydrogen) atoms. The van der Waals surface area contributed by atoms with Gasteiger partial charge in [-0.3, -0.25) is 14.4 Å². The number of benzene rings is 1. The molecule has 2 N–H and O–H groups in total. The van der Waals surface area contributed by atoms with Crippen molar-refractivity contribution in [3.05, 3.63) is 24.3 Å². The van der Waals surface area contributed by atoms with Gasteiger partial charge in [0.05, 0.1) is 0 Å². The van der Waals surface area contributed by atoms with Crippen LogP contribution in [-0.4, -0.2) is 56.4 Å². The largest absolute Gasteiger partial charge is 0.353 e. The van der Waals surface area contributed by atoms with Crippen molar-refractivity contribution >= 4 is 29.1 Å². The van der Waals surface area contributed by atoms with Crippen molar-refractivity contribution in [2.24, 2.45) is 0 Å². The number of nitrogens with zero attached hydrogens (tertiary/aromatic N) is 2. The molecule has 0 aliphatic heterocycles. The van der Waals surface area contributed by atoms with E-state index in [1.807, 2.05) is 19.0 Å². The van der Waals surface area contributed by atoms with Crippen LogP contribution in [0.2, 0.25) is 0 Å². The molecule has 0 heterocycles. The maximum atomic E-state index is 12.0. The van der Waals surface area contributed by atoms with E-state index in [4.69, 9.17) is 0 Å². The molecular formula is C16H24N4O3. The van der Waals surface area contributed by atoms with Crippen LogP contribution in [0.15, 0.2) is 24.3 Å². The molecule has 1 aromatic carbocycles. The standard InChI is InChI=1S/C16H24N4O3/c1-12(21)18-14-6-5-7-15(10-14)20(13(2)22)11-16(23)17-8-9-19(3)4/h5-7,10H,8-9,11H2,1-4H3,(H,17,23)(H,18,21). The Hall–Kier alpha value is -2.41. The van der Waals surface area contributed by atoms with E-state index in [0.717, 1.165) is 6.54 Å². The Morgan fingerprint density at radius 3 is 2.39 bits per heavy atom. The van der Waals surface area contributed by atoms with Crippen molar-refractivity contribution < 1.29 is 14.4 Å². The fourth-order valence-corrected chi connectivity index (χ4v) is 1.96. The normalized spacial score (nSPS) is 10.3. The van der Waals surface area contributed by atoms with Crippen molar-refractivity contribution in [3.63, 3.8) is 0 Å². The summed E-state index contributed by atoms with van der Waals surface area (Å²) in [7, 11) is 3.84. The highest BCUT2D eigenvalue weighted by Crippen LogP contribution is 2.19. The van der Waals surface area contributed by atoms with Gasteiger partial charge in [0.1, 0.15) is 6.54 Å². The molecule has 0 atom stereocenters. The molecule has 0 radical (unpaired) electrons. The van der Waals surface area contributed by atoms with E-state index in [1.165, 1.54) is 18.7 Å². The van der Waals surface area contributed by atoms with Crippen LogP contribution >= 0.6 is 0 Å². The predicted octanol–water partition coefficient (Wildman–Crippen LogP) is 0.676. The van der Waals surface area contributed by atoms with E-state index in [-0.39, 0.29) is 24.3 Å². The number of hydrogen-bond acceptors (Lipinski definition) is 4. The number of carbonyl (C=O) groups is 3. The van der Waals surface area contributed by atoms with Gasteiger partial charge < -0.3 is 20.4 Å². The van der Waals surface area contributed by atoms with E-state index in [9.17, 15) is 14.4 Å². The summed E-state index contributed by atoms with van der Waals surface area (Å²) in [4.78, 5) is 38.3. The molecule has 0 fully saturated rings. The minimum absolute atomic E-state index is 0.0632. The summed E-state index contributed by atoms with van der Waals surface area (Å²) < 4.78 is 0. The summed E-state index contributed by atoms with van der Waals surface area (Å²) in [5, 5.41) is 5.43. The van der Waals surface area contributed by atoms with Crippen molar-refractivity contribution in [1.29, 1.82) is 0 Å². The molecule has 1 rings (SSSR count). The quantitative estimate of drug-likeness (QED) is 0.774. The predicted molar refractivity (Wildman–Crippen MR) is 90.3 cm³/mol. The van der Waals surface area contributed by atoms with Gasteiger partial charge in [0.15, 0.2) is 0 Å². The van der Waals surface area contributed by atoms with Gasteiger partial charge in [0.2, 0.25) is 17.7 Å². The average molecular weight is 320 g/mol. The maximum Gasteiger partial charge on any atom is 0.240 e. The Labute approximate surface area is 136 Å². The van der Waals surface area contributed by atoms with Crippen LogP contribution in [0.1, 0.15) is 13.8 Å². The number of carbonyl (C=O) groups excluding carboxylic acids is 3. The topological polar surface area (TPSA) is 81.8 Å². The SMILES string of the molecule is CC(=O)Nc1cccc(N(CC(=O)NCCN(C)C)C(C)=O)c1. The van der Waals surface area contributed by atoms with Gasteiger partial charge in [-0.05, 0) is 32.3 Å². The molecule has 7 heteroatoms. The molecule has 7 nitrogen and oxygen atoms in total. The Balaban J connectivity index is 2.76. The van der Waals surface area contributed by atoms with Crippen LogP contribution in [0.4, 0.5) is 11.4 Å². The van der Waals surface area contributed by atoms with E-state index >= 15 is 0 Å². The minimum Gasteiger partial charge on any atom is -0.353 e. The molecule has 0 saturated heterocycles. The van der Waals surface area contributed by atoms with Crippen LogP contribution in [0, 0.1) is 0 Å².